The van der Waals surface area contributed by atoms with E-state index < -0.39 is 0 Å². The van der Waals surface area contributed by atoms with Crippen molar-refractivity contribution in [2.45, 2.75) is 27.2 Å². The van der Waals surface area contributed by atoms with E-state index in [0.717, 1.165) is 6.42 Å². The molecule has 0 aromatic carbocycles. The Morgan fingerprint density at radius 2 is 1.90 bits per heavy atom. The third-order valence-electron chi connectivity index (χ3n) is 2.11. The van der Waals surface area contributed by atoms with E-state index in [-0.39, 0.29) is 0 Å². The van der Waals surface area contributed by atoms with Crippen LogP contribution in [0, 0.1) is 0 Å². The van der Waals surface area contributed by atoms with Crippen LogP contribution in [0.4, 0.5) is 0 Å². The molecular weight excluding hydrogens is 120 g/mol. The molecule has 0 heteroatoms. The minimum atomic E-state index is 1.08. The number of hydrogen-bond donors (Lipinski definition) is 0. The first-order valence-corrected chi connectivity index (χ1v) is 3.73. The van der Waals surface area contributed by atoms with Gasteiger partial charge in [-0.25, -0.2) is 0 Å². The molecule has 0 saturated carbocycles. The smallest absolute Gasteiger partial charge is 0.0160 e. The molecule has 1 rings (SSSR count). The van der Waals surface area contributed by atoms with Crippen LogP contribution in [0.25, 0.3) is 0 Å². The number of hydrogen-bond acceptors (Lipinski definition) is 0. The predicted octanol–water partition coefficient (Wildman–Crippen LogP) is 3.23. The standard InChI is InChI=1S/C10H14/c1-8-6-4-5-7-9(2)10(8)3/h4,6-7H,5H2,1-3H3. The molecule has 0 aliphatic heterocycles. The van der Waals surface area contributed by atoms with Crippen molar-refractivity contribution in [1.29, 1.82) is 0 Å². The summed E-state index contributed by atoms with van der Waals surface area (Å²) in [6, 6.07) is 0. The number of rotatable bonds is 0. The average Bonchev–Trinajstić information content (AvgIpc) is 2.04. The van der Waals surface area contributed by atoms with Gasteiger partial charge in [-0.3, -0.25) is 0 Å². The molecular formula is C10H14. The van der Waals surface area contributed by atoms with Crippen molar-refractivity contribution in [3.8, 4) is 0 Å². The van der Waals surface area contributed by atoms with Crippen LogP contribution in [0.1, 0.15) is 27.2 Å². The largest absolute Gasteiger partial charge is 0.0805 e. The van der Waals surface area contributed by atoms with Crippen LogP contribution in [0.2, 0.25) is 0 Å². The van der Waals surface area contributed by atoms with Crippen LogP contribution in [-0.4, -0.2) is 0 Å². The van der Waals surface area contributed by atoms with Crippen molar-refractivity contribution >= 4 is 0 Å². The molecule has 54 valence electrons. The first-order valence-electron chi connectivity index (χ1n) is 3.73. The highest BCUT2D eigenvalue weighted by atomic mass is 14.0. The second-order valence-electron chi connectivity index (χ2n) is 2.83. The van der Waals surface area contributed by atoms with E-state index in [1.807, 2.05) is 0 Å². The van der Waals surface area contributed by atoms with Gasteiger partial charge in [0.1, 0.15) is 0 Å². The van der Waals surface area contributed by atoms with Gasteiger partial charge >= 0.3 is 0 Å². The summed E-state index contributed by atoms with van der Waals surface area (Å²) < 4.78 is 0. The Bertz CT molecular complexity index is 214. The van der Waals surface area contributed by atoms with Crippen LogP contribution in [0.15, 0.2) is 34.9 Å². The Hall–Kier alpha value is -0.780. The van der Waals surface area contributed by atoms with Gasteiger partial charge in [0.15, 0.2) is 0 Å². The van der Waals surface area contributed by atoms with E-state index in [9.17, 15) is 0 Å². The maximum Gasteiger partial charge on any atom is -0.0160 e. The minimum Gasteiger partial charge on any atom is -0.0805 e. The van der Waals surface area contributed by atoms with Crippen molar-refractivity contribution in [1.82, 2.24) is 0 Å². The summed E-state index contributed by atoms with van der Waals surface area (Å²) in [5.74, 6) is 0. The molecule has 0 nitrogen and oxygen atoms in total. The normalized spacial score (nSPS) is 18.9. The third-order valence-corrected chi connectivity index (χ3v) is 2.11. The molecule has 0 fully saturated rings. The lowest BCUT2D eigenvalue weighted by Gasteiger charge is -2.00. The molecule has 0 radical (unpaired) electrons. The lowest BCUT2D eigenvalue weighted by molar-refractivity contribution is 1.26. The third kappa shape index (κ3) is 1.38. The second kappa shape index (κ2) is 2.87. The van der Waals surface area contributed by atoms with E-state index in [1.54, 1.807) is 0 Å². The van der Waals surface area contributed by atoms with Gasteiger partial charge in [0, 0.05) is 0 Å². The van der Waals surface area contributed by atoms with E-state index in [1.165, 1.54) is 16.7 Å². The lowest BCUT2D eigenvalue weighted by atomic mass is 10.1. The van der Waals surface area contributed by atoms with E-state index >= 15 is 0 Å². The molecule has 1 aliphatic rings. The minimum absolute atomic E-state index is 1.08. The monoisotopic (exact) mass is 134 g/mol. The van der Waals surface area contributed by atoms with Crippen LogP contribution < -0.4 is 0 Å². The Balaban J connectivity index is 3.02. The summed E-state index contributed by atoms with van der Waals surface area (Å²) in [6.45, 7) is 6.51. The first kappa shape index (κ1) is 7.33. The maximum atomic E-state index is 2.27. The van der Waals surface area contributed by atoms with Crippen molar-refractivity contribution in [3.05, 3.63) is 34.9 Å². The summed E-state index contributed by atoms with van der Waals surface area (Å²) in [5.41, 5.74) is 4.24. The van der Waals surface area contributed by atoms with Gasteiger partial charge in [-0.2, -0.15) is 0 Å². The van der Waals surface area contributed by atoms with Crippen LogP contribution in [0.5, 0.6) is 0 Å². The summed E-state index contributed by atoms with van der Waals surface area (Å²) in [7, 11) is 0. The molecule has 0 saturated heterocycles. The van der Waals surface area contributed by atoms with Gasteiger partial charge < -0.3 is 0 Å². The lowest BCUT2D eigenvalue weighted by Crippen LogP contribution is -1.80. The van der Waals surface area contributed by atoms with Gasteiger partial charge in [0.05, 0.1) is 0 Å². The Morgan fingerprint density at radius 3 is 2.60 bits per heavy atom. The van der Waals surface area contributed by atoms with E-state index in [2.05, 4.69) is 39.0 Å². The zero-order valence-electron chi connectivity index (χ0n) is 6.94. The average molecular weight is 134 g/mol. The van der Waals surface area contributed by atoms with Gasteiger partial charge in [-0.05, 0) is 38.3 Å². The summed E-state index contributed by atoms with van der Waals surface area (Å²) in [6.07, 6.45) is 7.75. The highest BCUT2D eigenvalue weighted by Gasteiger charge is 1.97. The Morgan fingerprint density at radius 1 is 1.20 bits per heavy atom. The Labute approximate surface area is 62.9 Å². The van der Waals surface area contributed by atoms with Gasteiger partial charge in [0.2, 0.25) is 0 Å². The number of allylic oxidation sites excluding steroid dienone is 6. The molecule has 0 amide bonds. The zero-order valence-corrected chi connectivity index (χ0v) is 6.94. The van der Waals surface area contributed by atoms with Crippen molar-refractivity contribution < 1.29 is 0 Å². The highest BCUT2D eigenvalue weighted by molar-refractivity contribution is 5.38. The molecule has 0 N–H and O–H groups in total. The predicted molar refractivity (Wildman–Crippen MR) is 45.9 cm³/mol. The topological polar surface area (TPSA) is 0 Å². The molecule has 0 heterocycles. The fourth-order valence-corrected chi connectivity index (χ4v) is 1.08. The summed E-state index contributed by atoms with van der Waals surface area (Å²) >= 11 is 0. The SMILES string of the molecule is CC1=CCC=CC(C)=C1C. The molecule has 0 bridgehead atoms. The molecule has 10 heavy (non-hydrogen) atoms. The van der Waals surface area contributed by atoms with Crippen molar-refractivity contribution in [3.63, 3.8) is 0 Å². The van der Waals surface area contributed by atoms with Crippen LogP contribution >= 0.6 is 0 Å². The van der Waals surface area contributed by atoms with E-state index in [0.29, 0.717) is 0 Å². The molecule has 0 aromatic heterocycles. The van der Waals surface area contributed by atoms with Crippen LogP contribution in [0.3, 0.4) is 0 Å². The fraction of sp³-hybridized carbons (Fsp3) is 0.400. The molecule has 0 unspecified atom stereocenters. The van der Waals surface area contributed by atoms with Crippen molar-refractivity contribution in [2.75, 3.05) is 0 Å². The van der Waals surface area contributed by atoms with Gasteiger partial charge in [-0.1, -0.05) is 23.8 Å². The van der Waals surface area contributed by atoms with Gasteiger partial charge in [-0.15, -0.1) is 0 Å². The van der Waals surface area contributed by atoms with E-state index in [4.69, 9.17) is 0 Å². The molecule has 1 aliphatic carbocycles. The second-order valence-corrected chi connectivity index (χ2v) is 2.83. The first-order chi connectivity index (χ1) is 4.72. The summed E-state index contributed by atoms with van der Waals surface area (Å²) in [5, 5.41) is 0. The maximum absolute atomic E-state index is 2.27. The van der Waals surface area contributed by atoms with Gasteiger partial charge in [0.25, 0.3) is 0 Å². The fourth-order valence-electron chi connectivity index (χ4n) is 1.08. The van der Waals surface area contributed by atoms with Crippen LogP contribution in [-0.2, 0) is 0 Å². The highest BCUT2D eigenvalue weighted by Crippen LogP contribution is 2.18. The molecule has 0 aromatic rings. The quantitative estimate of drug-likeness (QED) is 0.477. The zero-order chi connectivity index (χ0) is 7.56. The Kier molecular flexibility index (Phi) is 2.10. The molecule has 0 atom stereocenters. The summed E-state index contributed by atoms with van der Waals surface area (Å²) in [4.78, 5) is 0. The molecule has 0 spiro atoms. The van der Waals surface area contributed by atoms with Crippen molar-refractivity contribution in [2.24, 2.45) is 0 Å².